The maximum atomic E-state index is 12.9. The minimum absolute atomic E-state index is 0.0196. The second-order valence-electron chi connectivity index (χ2n) is 8.37. The molecule has 0 radical (unpaired) electrons. The fourth-order valence-corrected chi connectivity index (χ4v) is 5.32. The number of ether oxygens (including phenoxy) is 1. The van der Waals surface area contributed by atoms with E-state index in [0.717, 1.165) is 18.4 Å². The molecule has 2 aromatic heterocycles. The Bertz CT molecular complexity index is 1110. The van der Waals surface area contributed by atoms with Gasteiger partial charge in [0.2, 0.25) is 0 Å². The first kappa shape index (κ1) is 20.5. The fourth-order valence-electron chi connectivity index (χ4n) is 5.32. The van der Waals surface area contributed by atoms with Crippen molar-refractivity contribution in [2.75, 3.05) is 20.2 Å². The van der Waals surface area contributed by atoms with E-state index in [1.54, 1.807) is 37.6 Å². The first-order valence-corrected chi connectivity index (χ1v) is 10.8. The maximum Gasteiger partial charge on any atom is 0.270 e. The summed E-state index contributed by atoms with van der Waals surface area (Å²) in [6, 6.07) is 14.9. The number of hydrogen-bond donors (Lipinski definition) is 1. The number of methoxy groups -OCH3 is 1. The summed E-state index contributed by atoms with van der Waals surface area (Å²) in [7, 11) is 1.70. The highest BCUT2D eigenvalue weighted by atomic mass is 16.5. The minimum Gasteiger partial charge on any atom is -0.472 e. The Morgan fingerprint density at radius 3 is 2.59 bits per heavy atom. The van der Waals surface area contributed by atoms with Gasteiger partial charge in [0.25, 0.3) is 11.8 Å². The van der Waals surface area contributed by atoms with Crippen LogP contribution in [0.25, 0.3) is 0 Å². The molecule has 1 aromatic carbocycles. The number of furan rings is 1. The number of carbonyl (C=O) groups excluding carboxylic acids is 2. The lowest BCUT2D eigenvalue weighted by molar-refractivity contribution is -0.00933. The monoisotopic (exact) mass is 431 g/mol. The summed E-state index contributed by atoms with van der Waals surface area (Å²) >= 11 is 0. The third kappa shape index (κ3) is 3.29. The van der Waals surface area contributed by atoms with E-state index in [1.165, 1.54) is 18.1 Å². The van der Waals surface area contributed by atoms with Crippen LogP contribution in [0.2, 0.25) is 0 Å². The number of nitrogens with one attached hydrogen (secondary N) is 1. The minimum atomic E-state index is -0.290. The van der Waals surface area contributed by atoms with Crippen molar-refractivity contribution >= 4 is 11.8 Å². The molecule has 0 unspecified atom stereocenters. The van der Waals surface area contributed by atoms with Crippen molar-refractivity contribution in [2.45, 2.75) is 30.4 Å². The molecule has 0 bridgehead atoms. The van der Waals surface area contributed by atoms with Gasteiger partial charge in [-0.25, -0.2) is 0 Å². The SMILES string of the molecule is CO[C@@H]1[C@@H](NC(=O)c2ccccn2)c2ccccc2C12CCN(C(=O)c1ccoc1)CC2. The summed E-state index contributed by atoms with van der Waals surface area (Å²) in [5.41, 5.74) is 2.92. The molecular weight excluding hydrogens is 406 g/mol. The van der Waals surface area contributed by atoms with Crippen LogP contribution in [-0.4, -0.2) is 48.0 Å². The zero-order chi connectivity index (χ0) is 22.1. The Morgan fingerprint density at radius 1 is 1.12 bits per heavy atom. The number of fused-ring (bicyclic) bond motifs is 2. The standard InChI is InChI=1S/C25H25N3O4/c1-31-22-21(27-23(29)20-8-4-5-12-26-20)18-6-2-3-7-19(18)25(22)10-13-28(14-11-25)24(30)17-9-15-32-16-17/h2-9,12,15-16,21-22H,10-11,13-14H2,1H3,(H,27,29)/t21-,22+/m0/s1. The van der Waals surface area contributed by atoms with Crippen LogP contribution in [0.1, 0.15) is 50.9 Å². The number of aromatic nitrogens is 1. The van der Waals surface area contributed by atoms with E-state index in [0.29, 0.717) is 24.3 Å². The number of likely N-dealkylation sites (tertiary alicyclic amines) is 1. The predicted molar refractivity (Wildman–Crippen MR) is 117 cm³/mol. The molecule has 3 aromatic rings. The molecule has 1 aliphatic heterocycles. The van der Waals surface area contributed by atoms with Gasteiger partial charge in [-0.15, -0.1) is 0 Å². The largest absolute Gasteiger partial charge is 0.472 e. The van der Waals surface area contributed by atoms with Gasteiger partial charge >= 0.3 is 0 Å². The molecule has 164 valence electrons. The lowest BCUT2D eigenvalue weighted by atomic mass is 9.71. The van der Waals surface area contributed by atoms with E-state index < -0.39 is 0 Å². The second kappa shape index (κ2) is 8.24. The van der Waals surface area contributed by atoms with Gasteiger partial charge in [-0.1, -0.05) is 30.3 Å². The maximum absolute atomic E-state index is 12.9. The quantitative estimate of drug-likeness (QED) is 0.685. The zero-order valence-corrected chi connectivity index (χ0v) is 17.9. The Kier molecular flexibility index (Phi) is 5.27. The molecule has 1 aliphatic carbocycles. The molecule has 1 saturated heterocycles. The van der Waals surface area contributed by atoms with Crippen molar-refractivity contribution in [1.29, 1.82) is 0 Å². The molecule has 2 aliphatic rings. The van der Waals surface area contributed by atoms with Crippen molar-refractivity contribution in [3.63, 3.8) is 0 Å². The number of amides is 2. The van der Waals surface area contributed by atoms with Gasteiger partial charge in [0.05, 0.1) is 24.0 Å². The lowest BCUT2D eigenvalue weighted by Crippen LogP contribution is -2.51. The van der Waals surface area contributed by atoms with E-state index in [2.05, 4.69) is 22.4 Å². The molecular formula is C25H25N3O4. The molecule has 1 spiro atoms. The van der Waals surface area contributed by atoms with Crippen LogP contribution in [0.4, 0.5) is 0 Å². The van der Waals surface area contributed by atoms with Crippen molar-refractivity contribution < 1.29 is 18.7 Å². The Morgan fingerprint density at radius 2 is 1.91 bits per heavy atom. The van der Waals surface area contributed by atoms with Gasteiger partial charge in [0, 0.05) is 31.8 Å². The molecule has 5 rings (SSSR count). The number of carbonyl (C=O) groups is 2. The van der Waals surface area contributed by atoms with Crippen LogP contribution in [0.5, 0.6) is 0 Å². The van der Waals surface area contributed by atoms with Crippen molar-refractivity contribution in [3.8, 4) is 0 Å². The molecule has 7 nitrogen and oxygen atoms in total. The zero-order valence-electron chi connectivity index (χ0n) is 17.9. The van der Waals surface area contributed by atoms with Gasteiger partial charge in [-0.05, 0) is 42.2 Å². The summed E-state index contributed by atoms with van der Waals surface area (Å²) in [6.45, 7) is 1.22. The second-order valence-corrected chi connectivity index (χ2v) is 8.37. The van der Waals surface area contributed by atoms with Gasteiger partial charge in [-0.2, -0.15) is 0 Å². The third-order valence-electron chi connectivity index (χ3n) is 6.83. The number of benzene rings is 1. The number of rotatable bonds is 4. The average molecular weight is 431 g/mol. The summed E-state index contributed by atoms with van der Waals surface area (Å²) in [5, 5.41) is 3.16. The van der Waals surface area contributed by atoms with Crippen LogP contribution in [-0.2, 0) is 10.2 Å². The van der Waals surface area contributed by atoms with Crippen molar-refractivity contribution in [1.82, 2.24) is 15.2 Å². The molecule has 2 amide bonds. The summed E-state index contributed by atoms with van der Waals surface area (Å²) in [4.78, 5) is 31.8. The highest BCUT2D eigenvalue weighted by Crippen LogP contribution is 2.52. The molecule has 1 N–H and O–H groups in total. The van der Waals surface area contributed by atoms with E-state index in [-0.39, 0.29) is 29.4 Å². The molecule has 3 heterocycles. The first-order chi connectivity index (χ1) is 15.6. The highest BCUT2D eigenvalue weighted by Gasteiger charge is 2.54. The Hall–Kier alpha value is -3.45. The van der Waals surface area contributed by atoms with Crippen LogP contribution in [0, 0.1) is 0 Å². The van der Waals surface area contributed by atoms with E-state index in [9.17, 15) is 9.59 Å². The van der Waals surface area contributed by atoms with Gasteiger partial charge in [0.15, 0.2) is 0 Å². The lowest BCUT2D eigenvalue weighted by Gasteiger charge is -2.44. The third-order valence-corrected chi connectivity index (χ3v) is 6.83. The van der Waals surface area contributed by atoms with Crippen molar-refractivity contribution in [3.05, 3.63) is 89.6 Å². The number of hydrogen-bond acceptors (Lipinski definition) is 5. The van der Waals surface area contributed by atoms with Crippen LogP contribution in [0.3, 0.4) is 0 Å². The normalized spacial score (nSPS) is 21.3. The van der Waals surface area contributed by atoms with E-state index in [1.807, 2.05) is 17.0 Å². The average Bonchev–Trinajstić information content (AvgIpc) is 3.46. The first-order valence-electron chi connectivity index (χ1n) is 10.8. The summed E-state index contributed by atoms with van der Waals surface area (Å²) < 4.78 is 11.1. The van der Waals surface area contributed by atoms with Crippen LogP contribution >= 0.6 is 0 Å². The Balaban J connectivity index is 1.42. The topological polar surface area (TPSA) is 84.7 Å². The fraction of sp³-hybridized carbons (Fsp3) is 0.320. The van der Waals surface area contributed by atoms with Gasteiger partial charge < -0.3 is 19.4 Å². The smallest absolute Gasteiger partial charge is 0.270 e. The van der Waals surface area contributed by atoms with E-state index >= 15 is 0 Å². The molecule has 2 atom stereocenters. The molecule has 1 fully saturated rings. The molecule has 7 heteroatoms. The molecule has 0 saturated carbocycles. The van der Waals surface area contributed by atoms with Crippen LogP contribution < -0.4 is 5.32 Å². The number of piperidine rings is 1. The predicted octanol–water partition coefficient (Wildman–Crippen LogP) is 3.35. The number of pyridine rings is 1. The highest BCUT2D eigenvalue weighted by molar-refractivity contribution is 5.94. The molecule has 32 heavy (non-hydrogen) atoms. The van der Waals surface area contributed by atoms with E-state index in [4.69, 9.17) is 9.15 Å². The van der Waals surface area contributed by atoms with Gasteiger partial charge in [0.1, 0.15) is 12.0 Å². The summed E-state index contributed by atoms with van der Waals surface area (Å²) in [5.74, 6) is -0.245. The summed E-state index contributed by atoms with van der Waals surface area (Å²) in [6.07, 6.45) is 5.88. The van der Waals surface area contributed by atoms with Gasteiger partial charge in [-0.3, -0.25) is 14.6 Å². The Labute approximate surface area is 186 Å². The van der Waals surface area contributed by atoms with Crippen molar-refractivity contribution in [2.24, 2.45) is 0 Å². The number of nitrogens with zero attached hydrogens (tertiary/aromatic N) is 2. The van der Waals surface area contributed by atoms with Crippen LogP contribution in [0.15, 0.2) is 71.7 Å².